The zero-order valence-corrected chi connectivity index (χ0v) is 26.3. The maximum Gasteiger partial charge on any atom is 0.261 e. The summed E-state index contributed by atoms with van der Waals surface area (Å²) in [6.07, 6.45) is 26.9. The van der Waals surface area contributed by atoms with Gasteiger partial charge in [0, 0.05) is 27.0 Å². The summed E-state index contributed by atoms with van der Waals surface area (Å²) in [4.78, 5) is 28.0. The van der Waals surface area contributed by atoms with E-state index in [1.165, 1.54) is 120 Å². The number of carbonyl (C=O) groups is 2. The largest absolute Gasteiger partial charge is 0.272 e. The minimum absolute atomic E-state index is 0.0807. The number of carbonyl (C=O) groups excluding carboxylic acids is 2. The molecule has 0 spiro atoms. The van der Waals surface area contributed by atoms with E-state index in [0.29, 0.717) is 11.1 Å². The lowest BCUT2D eigenvalue weighted by molar-refractivity contribution is 0.0542. The maximum atomic E-state index is 13.3. The van der Waals surface area contributed by atoms with E-state index in [9.17, 15) is 9.59 Å². The number of hydrogen-bond donors (Lipinski definition) is 0. The molecule has 1 aliphatic heterocycles. The summed E-state index contributed by atoms with van der Waals surface area (Å²) in [5.74, 6) is -0.303. The van der Waals surface area contributed by atoms with Crippen LogP contribution in [0.15, 0.2) is 34.8 Å². The van der Waals surface area contributed by atoms with Crippen molar-refractivity contribution in [2.45, 2.75) is 148 Å². The highest BCUT2D eigenvalue weighted by Gasteiger charge is 2.35. The third kappa shape index (κ3) is 9.73. The number of amides is 2. The van der Waals surface area contributed by atoms with Gasteiger partial charge in [0.05, 0.1) is 0 Å². The molecular formula is C35H52BrNO2. The molecule has 0 aromatic heterocycles. The van der Waals surface area contributed by atoms with Crippen molar-refractivity contribution in [3.63, 3.8) is 0 Å². The predicted molar refractivity (Wildman–Crippen MR) is 170 cm³/mol. The van der Waals surface area contributed by atoms with E-state index in [2.05, 4.69) is 22.9 Å². The zero-order valence-electron chi connectivity index (χ0n) is 24.7. The fourth-order valence-corrected chi connectivity index (χ4v) is 6.59. The van der Waals surface area contributed by atoms with E-state index in [0.717, 1.165) is 28.1 Å². The molecule has 0 saturated heterocycles. The van der Waals surface area contributed by atoms with Crippen molar-refractivity contribution in [1.82, 2.24) is 4.90 Å². The second-order valence-corrected chi connectivity index (χ2v) is 12.7. The summed E-state index contributed by atoms with van der Waals surface area (Å²) in [5.41, 5.74) is 1.28. The first kappa shape index (κ1) is 31.8. The van der Waals surface area contributed by atoms with Crippen LogP contribution in [0, 0.1) is 0 Å². The highest BCUT2D eigenvalue weighted by atomic mass is 79.9. The molecule has 39 heavy (non-hydrogen) atoms. The fourth-order valence-electron chi connectivity index (χ4n) is 6.13. The van der Waals surface area contributed by atoms with Gasteiger partial charge in [-0.1, -0.05) is 157 Å². The van der Waals surface area contributed by atoms with Crippen molar-refractivity contribution in [3.8, 4) is 0 Å². The molecular weight excluding hydrogens is 546 g/mol. The Morgan fingerprint density at radius 3 is 1.54 bits per heavy atom. The molecule has 0 N–H and O–H groups in total. The van der Waals surface area contributed by atoms with E-state index in [1.807, 2.05) is 37.3 Å². The van der Waals surface area contributed by atoms with Crippen molar-refractivity contribution < 1.29 is 9.59 Å². The van der Waals surface area contributed by atoms with Crippen molar-refractivity contribution >= 4 is 38.5 Å². The Morgan fingerprint density at radius 1 is 0.615 bits per heavy atom. The SMILES string of the molecule is CCCCCCCCCCCCCCCCCCCCCC(C)N1C(=O)c2cccc3c(Br)ccc(c23)C1=O. The molecule has 0 aliphatic carbocycles. The van der Waals surface area contributed by atoms with Gasteiger partial charge < -0.3 is 0 Å². The molecule has 0 fully saturated rings. The third-order valence-electron chi connectivity index (χ3n) is 8.55. The lowest BCUT2D eigenvalue weighted by Gasteiger charge is -2.32. The summed E-state index contributed by atoms with van der Waals surface area (Å²) < 4.78 is 0.916. The quantitative estimate of drug-likeness (QED) is 0.106. The summed E-state index contributed by atoms with van der Waals surface area (Å²) >= 11 is 3.56. The Hall–Kier alpha value is -1.68. The zero-order chi connectivity index (χ0) is 27.9. The lowest BCUT2D eigenvalue weighted by Crippen LogP contribution is -2.45. The van der Waals surface area contributed by atoms with Crippen molar-refractivity contribution in [2.24, 2.45) is 0 Å². The summed E-state index contributed by atoms with van der Waals surface area (Å²) in [5, 5.41) is 1.71. The standard InChI is InChI=1S/C35H52BrNO2/c1-3-4-5-6-7-8-9-10-11-12-13-14-15-16-17-18-19-20-21-23-28(2)37-34(38)30-25-22-24-29-32(36)27-26-31(33(29)30)35(37)39/h22,24-28H,3-21,23H2,1-2H3. The van der Waals surface area contributed by atoms with Crippen LogP contribution in [0.5, 0.6) is 0 Å². The predicted octanol–water partition coefficient (Wildman–Crippen LogP) is 11.4. The number of imide groups is 1. The van der Waals surface area contributed by atoms with Crippen LogP contribution in [0.3, 0.4) is 0 Å². The second-order valence-electron chi connectivity index (χ2n) is 11.8. The van der Waals surface area contributed by atoms with E-state index < -0.39 is 0 Å². The van der Waals surface area contributed by atoms with Gasteiger partial charge in [-0.3, -0.25) is 14.5 Å². The van der Waals surface area contributed by atoms with Gasteiger partial charge in [-0.15, -0.1) is 0 Å². The smallest absolute Gasteiger partial charge is 0.261 e. The Bertz CT molecular complexity index is 1010. The lowest BCUT2D eigenvalue weighted by atomic mass is 9.92. The minimum Gasteiger partial charge on any atom is -0.272 e. The monoisotopic (exact) mass is 597 g/mol. The third-order valence-corrected chi connectivity index (χ3v) is 9.24. The molecule has 1 atom stereocenters. The average molecular weight is 599 g/mol. The number of benzene rings is 2. The fraction of sp³-hybridized carbons (Fsp3) is 0.657. The van der Waals surface area contributed by atoms with E-state index in [4.69, 9.17) is 0 Å². The van der Waals surface area contributed by atoms with Crippen molar-refractivity contribution in [2.75, 3.05) is 0 Å². The van der Waals surface area contributed by atoms with Gasteiger partial charge in [-0.05, 0) is 36.9 Å². The van der Waals surface area contributed by atoms with Gasteiger partial charge in [-0.2, -0.15) is 0 Å². The average Bonchev–Trinajstić information content (AvgIpc) is 2.93. The van der Waals surface area contributed by atoms with Crippen LogP contribution in [0.2, 0.25) is 0 Å². The van der Waals surface area contributed by atoms with Crippen LogP contribution >= 0.6 is 15.9 Å². The normalized spacial score (nSPS) is 14.0. The number of nitrogens with zero attached hydrogens (tertiary/aromatic N) is 1. The van der Waals surface area contributed by atoms with E-state index in [1.54, 1.807) is 0 Å². The molecule has 3 rings (SSSR count). The summed E-state index contributed by atoms with van der Waals surface area (Å²) in [7, 11) is 0. The van der Waals surface area contributed by atoms with Crippen LogP contribution in [0.25, 0.3) is 10.8 Å². The molecule has 2 amide bonds. The van der Waals surface area contributed by atoms with Gasteiger partial charge in [0.1, 0.15) is 0 Å². The Labute approximate surface area is 246 Å². The van der Waals surface area contributed by atoms with Crippen LogP contribution in [-0.4, -0.2) is 22.8 Å². The summed E-state index contributed by atoms with van der Waals surface area (Å²) in [6.45, 7) is 4.31. The van der Waals surface area contributed by atoms with Gasteiger partial charge in [-0.25, -0.2) is 0 Å². The molecule has 1 aliphatic rings. The van der Waals surface area contributed by atoms with Crippen molar-refractivity contribution in [3.05, 3.63) is 45.9 Å². The maximum absolute atomic E-state index is 13.3. The minimum atomic E-state index is -0.151. The molecule has 1 unspecified atom stereocenters. The Balaban J connectivity index is 1.19. The number of unbranched alkanes of at least 4 members (excludes halogenated alkanes) is 18. The van der Waals surface area contributed by atoms with Crippen LogP contribution in [0.1, 0.15) is 163 Å². The highest BCUT2D eigenvalue weighted by Crippen LogP contribution is 2.35. The summed E-state index contributed by atoms with van der Waals surface area (Å²) in [6, 6.07) is 9.40. The van der Waals surface area contributed by atoms with E-state index in [-0.39, 0.29) is 17.9 Å². The first-order chi connectivity index (χ1) is 19.1. The molecule has 0 bridgehead atoms. The molecule has 1 heterocycles. The topological polar surface area (TPSA) is 37.4 Å². The molecule has 3 nitrogen and oxygen atoms in total. The number of rotatable bonds is 21. The first-order valence-electron chi connectivity index (χ1n) is 16.2. The van der Waals surface area contributed by atoms with Crippen LogP contribution in [-0.2, 0) is 0 Å². The second kappa shape index (κ2) is 17.9. The number of hydrogen-bond acceptors (Lipinski definition) is 2. The number of halogens is 1. The van der Waals surface area contributed by atoms with Crippen LogP contribution < -0.4 is 0 Å². The molecule has 0 saturated carbocycles. The van der Waals surface area contributed by atoms with Crippen LogP contribution in [0.4, 0.5) is 0 Å². The molecule has 0 radical (unpaired) electrons. The highest BCUT2D eigenvalue weighted by molar-refractivity contribution is 9.10. The van der Waals surface area contributed by atoms with Gasteiger partial charge >= 0.3 is 0 Å². The van der Waals surface area contributed by atoms with Crippen molar-refractivity contribution in [1.29, 1.82) is 0 Å². The molecule has 216 valence electrons. The Morgan fingerprint density at radius 2 is 1.05 bits per heavy atom. The van der Waals surface area contributed by atoms with E-state index >= 15 is 0 Å². The van der Waals surface area contributed by atoms with Gasteiger partial charge in [0.15, 0.2) is 0 Å². The molecule has 4 heteroatoms. The molecule has 2 aromatic carbocycles. The Kier molecular flexibility index (Phi) is 14.6. The van der Waals surface area contributed by atoms with Gasteiger partial charge in [0.2, 0.25) is 0 Å². The molecule has 2 aromatic rings. The first-order valence-corrected chi connectivity index (χ1v) is 16.9. The van der Waals surface area contributed by atoms with Gasteiger partial charge in [0.25, 0.3) is 11.8 Å².